The van der Waals surface area contributed by atoms with Crippen molar-refractivity contribution in [3.05, 3.63) is 212 Å². The van der Waals surface area contributed by atoms with Crippen LogP contribution in [0, 0.1) is 0 Å². The Morgan fingerprint density at radius 2 is 0.328 bits per heavy atom. The standard InChI is InChI=1S/C48H35N.9C2H6/c1-8-22-36(23-9-1)43-44(37-24-10-2-11-25-37)46(39-28-14-4-15-29-39)48(49(41-32-18-6-19-33-41)42-34-20-7-21-35-42)47(40-30-16-5-17-31-40)45(43)38-26-12-3-13-27-38;9*1-2/h1-35H;9*1-2H3. The fourth-order valence-electron chi connectivity index (χ4n) is 6.97. The summed E-state index contributed by atoms with van der Waals surface area (Å²) in [5, 5.41) is 0. The maximum absolute atomic E-state index is 2.46. The molecule has 1 heteroatoms. The summed E-state index contributed by atoms with van der Waals surface area (Å²) in [4.78, 5) is 2.46. The Kier molecular flexibility index (Phi) is 38.4. The molecule has 67 heavy (non-hydrogen) atoms. The molecule has 0 fully saturated rings. The van der Waals surface area contributed by atoms with Crippen LogP contribution in [0.4, 0.5) is 17.1 Å². The molecule has 0 aliphatic rings. The Hall–Kier alpha value is -6.44. The second-order valence-electron chi connectivity index (χ2n) is 12.1. The molecular weight excluding hydrogens is 807 g/mol. The second-order valence-corrected chi connectivity index (χ2v) is 12.1. The van der Waals surface area contributed by atoms with Crippen molar-refractivity contribution in [1.29, 1.82) is 0 Å². The lowest BCUT2D eigenvalue weighted by Gasteiger charge is -2.35. The van der Waals surface area contributed by atoms with Gasteiger partial charge in [-0.05, 0) is 57.6 Å². The molecule has 0 unspecified atom stereocenters. The van der Waals surface area contributed by atoms with Crippen molar-refractivity contribution >= 4 is 17.1 Å². The Bertz CT molecular complexity index is 2120. The lowest BCUT2D eigenvalue weighted by atomic mass is 9.77. The Morgan fingerprint density at radius 3 is 0.522 bits per heavy atom. The molecular formula is C66H89N. The van der Waals surface area contributed by atoms with Gasteiger partial charge in [0.05, 0.1) is 5.69 Å². The van der Waals surface area contributed by atoms with E-state index in [1.165, 1.54) is 44.5 Å². The molecule has 0 heterocycles. The highest BCUT2D eigenvalue weighted by Crippen LogP contribution is 2.58. The first-order chi connectivity index (χ1) is 33.4. The van der Waals surface area contributed by atoms with Crippen molar-refractivity contribution in [3.8, 4) is 55.6 Å². The van der Waals surface area contributed by atoms with Crippen molar-refractivity contribution in [2.24, 2.45) is 0 Å². The molecule has 0 saturated carbocycles. The van der Waals surface area contributed by atoms with Gasteiger partial charge >= 0.3 is 0 Å². The predicted octanol–water partition coefficient (Wildman–Crippen LogP) is 22.7. The largest absolute Gasteiger partial charge is 0.309 e. The minimum absolute atomic E-state index is 1.09. The van der Waals surface area contributed by atoms with Gasteiger partial charge in [-0.1, -0.05) is 313 Å². The minimum atomic E-state index is 1.09. The third-order valence-electron chi connectivity index (χ3n) is 9.04. The quantitative estimate of drug-likeness (QED) is 0.147. The predicted molar refractivity (Wildman–Crippen MR) is 310 cm³/mol. The van der Waals surface area contributed by atoms with E-state index < -0.39 is 0 Å². The summed E-state index contributed by atoms with van der Waals surface area (Å²) >= 11 is 0. The lowest BCUT2D eigenvalue weighted by molar-refractivity contribution is 1.28. The first kappa shape index (κ1) is 62.6. The van der Waals surface area contributed by atoms with Crippen LogP contribution in [0.1, 0.15) is 125 Å². The van der Waals surface area contributed by atoms with Crippen molar-refractivity contribution in [1.82, 2.24) is 0 Å². The number of hydrogen-bond acceptors (Lipinski definition) is 1. The van der Waals surface area contributed by atoms with Crippen LogP contribution >= 0.6 is 0 Å². The molecule has 8 aromatic rings. The molecule has 0 amide bonds. The number of anilines is 3. The molecule has 0 radical (unpaired) electrons. The molecule has 1 nitrogen and oxygen atoms in total. The molecule has 8 rings (SSSR count). The smallest absolute Gasteiger partial charge is 0.0631 e. The van der Waals surface area contributed by atoms with Crippen LogP contribution in [0.25, 0.3) is 55.6 Å². The van der Waals surface area contributed by atoms with Gasteiger partial charge in [-0.3, -0.25) is 0 Å². The molecule has 0 atom stereocenters. The van der Waals surface area contributed by atoms with Crippen molar-refractivity contribution in [2.75, 3.05) is 4.90 Å². The zero-order valence-corrected chi connectivity index (χ0v) is 45.2. The Morgan fingerprint density at radius 1 is 0.179 bits per heavy atom. The van der Waals surface area contributed by atoms with Gasteiger partial charge in [0.15, 0.2) is 0 Å². The topological polar surface area (TPSA) is 3.24 Å². The maximum atomic E-state index is 2.46. The van der Waals surface area contributed by atoms with Crippen molar-refractivity contribution in [2.45, 2.75) is 125 Å². The first-order valence-corrected chi connectivity index (χ1v) is 25.8. The summed E-state index contributed by atoms with van der Waals surface area (Å²) in [7, 11) is 0. The van der Waals surface area contributed by atoms with Gasteiger partial charge in [-0.15, -0.1) is 0 Å². The van der Waals surface area contributed by atoms with Gasteiger partial charge in [-0.2, -0.15) is 0 Å². The van der Waals surface area contributed by atoms with Gasteiger partial charge in [0.2, 0.25) is 0 Å². The Labute approximate surface area is 412 Å². The van der Waals surface area contributed by atoms with Gasteiger partial charge in [0.1, 0.15) is 0 Å². The van der Waals surface area contributed by atoms with E-state index in [0.717, 1.165) is 28.2 Å². The number of rotatable bonds is 8. The van der Waals surface area contributed by atoms with E-state index in [0.29, 0.717) is 0 Å². The van der Waals surface area contributed by atoms with Gasteiger partial charge in [0, 0.05) is 33.6 Å². The number of hydrogen-bond donors (Lipinski definition) is 0. The van der Waals surface area contributed by atoms with E-state index >= 15 is 0 Å². The number of nitrogens with zero attached hydrogens (tertiary/aromatic N) is 1. The normalized spacial score (nSPS) is 8.75. The van der Waals surface area contributed by atoms with E-state index in [-0.39, 0.29) is 0 Å². The molecule has 0 aliphatic heterocycles. The molecule has 358 valence electrons. The van der Waals surface area contributed by atoms with Crippen LogP contribution in [0.5, 0.6) is 0 Å². The number of para-hydroxylation sites is 2. The molecule has 0 aromatic heterocycles. The fraction of sp³-hybridized carbons (Fsp3) is 0.273. The summed E-state index contributed by atoms with van der Waals surface area (Å²) in [6, 6.07) is 76.1. The fourth-order valence-corrected chi connectivity index (χ4v) is 6.97. The maximum Gasteiger partial charge on any atom is 0.0631 e. The van der Waals surface area contributed by atoms with E-state index in [1.807, 2.05) is 125 Å². The summed E-state index contributed by atoms with van der Waals surface area (Å²) in [6.45, 7) is 36.0. The summed E-state index contributed by atoms with van der Waals surface area (Å²) in [5.74, 6) is 0. The summed E-state index contributed by atoms with van der Waals surface area (Å²) < 4.78 is 0. The van der Waals surface area contributed by atoms with Crippen molar-refractivity contribution in [3.63, 3.8) is 0 Å². The molecule has 0 spiro atoms. The van der Waals surface area contributed by atoms with E-state index in [9.17, 15) is 0 Å². The third kappa shape index (κ3) is 17.7. The van der Waals surface area contributed by atoms with Crippen LogP contribution in [-0.4, -0.2) is 0 Å². The third-order valence-corrected chi connectivity index (χ3v) is 9.04. The van der Waals surface area contributed by atoms with Gasteiger partial charge < -0.3 is 4.90 Å². The zero-order valence-electron chi connectivity index (χ0n) is 45.2. The van der Waals surface area contributed by atoms with Crippen molar-refractivity contribution < 1.29 is 0 Å². The molecule has 0 N–H and O–H groups in total. The molecule has 0 aliphatic carbocycles. The van der Waals surface area contributed by atoms with Crippen LogP contribution in [0.15, 0.2) is 212 Å². The van der Waals surface area contributed by atoms with Gasteiger partial charge in [0.25, 0.3) is 0 Å². The first-order valence-electron chi connectivity index (χ1n) is 25.8. The Balaban J connectivity index is 0. The number of benzene rings is 8. The minimum Gasteiger partial charge on any atom is -0.309 e. The average molecular weight is 896 g/mol. The second kappa shape index (κ2) is 41.0. The van der Waals surface area contributed by atoms with E-state index in [4.69, 9.17) is 0 Å². The zero-order chi connectivity index (χ0) is 50.8. The monoisotopic (exact) mass is 896 g/mol. The highest BCUT2D eigenvalue weighted by atomic mass is 15.1. The van der Waals surface area contributed by atoms with Crippen LogP contribution in [0.2, 0.25) is 0 Å². The summed E-state index contributed by atoms with van der Waals surface area (Å²) in [6.07, 6.45) is 0. The van der Waals surface area contributed by atoms with Crippen LogP contribution in [-0.2, 0) is 0 Å². The summed E-state index contributed by atoms with van der Waals surface area (Å²) in [5.41, 5.74) is 15.1. The molecule has 0 saturated heterocycles. The lowest BCUT2D eigenvalue weighted by Crippen LogP contribution is -2.14. The molecule has 8 aromatic carbocycles. The van der Waals surface area contributed by atoms with E-state index in [2.05, 4.69) is 217 Å². The molecule has 0 bridgehead atoms. The van der Waals surface area contributed by atoms with Gasteiger partial charge in [-0.25, -0.2) is 0 Å². The highest BCUT2D eigenvalue weighted by molar-refractivity contribution is 6.16. The van der Waals surface area contributed by atoms with Crippen LogP contribution < -0.4 is 4.90 Å². The SMILES string of the molecule is CC.CC.CC.CC.CC.CC.CC.CC.CC.c1ccc(-c2c(-c3ccccc3)c(-c3ccccc3)c(N(c3ccccc3)c3ccccc3)c(-c3ccccc3)c2-c2ccccc2)cc1. The van der Waals surface area contributed by atoms with E-state index in [1.54, 1.807) is 0 Å². The highest BCUT2D eigenvalue weighted by Gasteiger charge is 2.31. The average Bonchev–Trinajstić information content (AvgIpc) is 3.47. The van der Waals surface area contributed by atoms with Crippen LogP contribution in [0.3, 0.4) is 0 Å².